The van der Waals surface area contributed by atoms with Crippen LogP contribution >= 0.6 is 0 Å². The largest absolute Gasteiger partial charge is 0.487 e. The third-order valence-corrected chi connectivity index (χ3v) is 4.76. The number of ether oxygens (including phenoxy) is 2. The Kier molecular flexibility index (Phi) is 6.05. The van der Waals surface area contributed by atoms with E-state index in [-0.39, 0.29) is 0 Å². The molecule has 4 nitrogen and oxygen atoms in total. The second-order valence-electron chi connectivity index (χ2n) is 6.89. The number of aryl methyl sites for hydroxylation is 2. The summed E-state index contributed by atoms with van der Waals surface area (Å²) in [4.78, 5) is 4.31. The zero-order valence-electron chi connectivity index (χ0n) is 15.4. The molecule has 1 aliphatic rings. The van der Waals surface area contributed by atoms with Gasteiger partial charge in [0.1, 0.15) is 12.4 Å². The Morgan fingerprint density at radius 3 is 2.72 bits per heavy atom. The summed E-state index contributed by atoms with van der Waals surface area (Å²) in [5.74, 6) is 0.960. The number of nitrogens with zero attached hydrogens (tertiary/aromatic N) is 1. The summed E-state index contributed by atoms with van der Waals surface area (Å²) in [5, 5.41) is 3.60. The van der Waals surface area contributed by atoms with Crippen LogP contribution in [0.3, 0.4) is 0 Å². The molecule has 0 saturated carbocycles. The van der Waals surface area contributed by atoms with Gasteiger partial charge in [0.2, 0.25) is 0 Å². The Hall–Kier alpha value is -1.91. The maximum Gasteiger partial charge on any atom is 0.130 e. The average molecular weight is 340 g/mol. The molecule has 134 valence electrons. The van der Waals surface area contributed by atoms with E-state index in [2.05, 4.69) is 43.2 Å². The summed E-state index contributed by atoms with van der Waals surface area (Å²) in [6.45, 7) is 8.66. The van der Waals surface area contributed by atoms with Gasteiger partial charge in [-0.1, -0.05) is 18.2 Å². The Morgan fingerprint density at radius 2 is 2.08 bits per heavy atom. The number of benzene rings is 1. The molecule has 0 bridgehead atoms. The fourth-order valence-corrected chi connectivity index (χ4v) is 3.41. The van der Waals surface area contributed by atoms with Crippen molar-refractivity contribution in [2.75, 3.05) is 6.61 Å². The molecule has 25 heavy (non-hydrogen) atoms. The van der Waals surface area contributed by atoms with Crippen molar-refractivity contribution in [1.29, 1.82) is 0 Å². The smallest absolute Gasteiger partial charge is 0.130 e. The van der Waals surface area contributed by atoms with Gasteiger partial charge in [-0.15, -0.1) is 0 Å². The molecular formula is C21H28N2O2. The quantitative estimate of drug-likeness (QED) is 0.829. The first-order chi connectivity index (χ1) is 12.1. The Labute approximate surface area is 150 Å². The average Bonchev–Trinajstić information content (AvgIpc) is 3.14. The van der Waals surface area contributed by atoms with E-state index < -0.39 is 0 Å². The molecule has 4 heteroatoms. The molecule has 1 aliphatic heterocycles. The van der Waals surface area contributed by atoms with Crippen LogP contribution < -0.4 is 10.1 Å². The van der Waals surface area contributed by atoms with Crippen molar-refractivity contribution < 1.29 is 9.47 Å². The standard InChI is InChI=1S/C21H28N2O2/c1-15-11-18(13-23-17(3)20-8-6-10-24-20)12-16(2)21(15)25-14-19-7-4-5-9-22-19/h4-5,7,9,11-12,17,20,23H,6,8,10,13-14H2,1-3H3. The highest BCUT2D eigenvalue weighted by Crippen LogP contribution is 2.26. The zero-order valence-corrected chi connectivity index (χ0v) is 15.4. The first-order valence-corrected chi connectivity index (χ1v) is 9.11. The summed E-state index contributed by atoms with van der Waals surface area (Å²) in [5.41, 5.74) is 4.55. The fraction of sp³-hybridized carbons (Fsp3) is 0.476. The van der Waals surface area contributed by atoms with Crippen molar-refractivity contribution in [2.24, 2.45) is 0 Å². The maximum absolute atomic E-state index is 6.01. The van der Waals surface area contributed by atoms with Gasteiger partial charge in [-0.25, -0.2) is 0 Å². The number of aromatic nitrogens is 1. The van der Waals surface area contributed by atoms with E-state index >= 15 is 0 Å². The van der Waals surface area contributed by atoms with E-state index in [1.807, 2.05) is 18.2 Å². The lowest BCUT2D eigenvalue weighted by Gasteiger charge is -2.21. The number of rotatable bonds is 7. The number of hydrogen-bond donors (Lipinski definition) is 1. The van der Waals surface area contributed by atoms with Crippen LogP contribution in [0.15, 0.2) is 36.5 Å². The maximum atomic E-state index is 6.01. The fourth-order valence-electron chi connectivity index (χ4n) is 3.41. The molecule has 1 saturated heterocycles. The van der Waals surface area contributed by atoms with Crippen LogP contribution in [0.25, 0.3) is 0 Å². The number of nitrogens with one attached hydrogen (secondary N) is 1. The van der Waals surface area contributed by atoms with E-state index in [1.54, 1.807) is 6.20 Å². The van der Waals surface area contributed by atoms with Gasteiger partial charge in [0, 0.05) is 25.4 Å². The van der Waals surface area contributed by atoms with E-state index in [4.69, 9.17) is 9.47 Å². The predicted molar refractivity (Wildman–Crippen MR) is 99.8 cm³/mol. The third-order valence-electron chi connectivity index (χ3n) is 4.76. The minimum absolute atomic E-state index is 0.350. The van der Waals surface area contributed by atoms with Crippen molar-refractivity contribution in [3.8, 4) is 5.75 Å². The number of pyridine rings is 1. The Bertz CT molecular complexity index is 659. The lowest BCUT2D eigenvalue weighted by Crippen LogP contribution is -2.36. The normalized spacial score (nSPS) is 18.3. The highest BCUT2D eigenvalue weighted by atomic mass is 16.5. The SMILES string of the molecule is Cc1cc(CNC(C)C2CCCO2)cc(C)c1OCc1ccccn1. The van der Waals surface area contributed by atoms with Crippen LogP contribution in [0.2, 0.25) is 0 Å². The van der Waals surface area contributed by atoms with Gasteiger partial charge in [0.05, 0.1) is 11.8 Å². The van der Waals surface area contributed by atoms with Gasteiger partial charge < -0.3 is 14.8 Å². The third kappa shape index (κ3) is 4.80. The molecule has 1 aromatic carbocycles. The molecule has 1 fully saturated rings. The molecule has 2 atom stereocenters. The monoisotopic (exact) mass is 340 g/mol. The van der Waals surface area contributed by atoms with Crippen LogP contribution in [0.4, 0.5) is 0 Å². The summed E-state index contributed by atoms with van der Waals surface area (Å²) < 4.78 is 11.8. The molecule has 2 unspecified atom stereocenters. The predicted octanol–water partition coefficient (Wildman–Crippen LogP) is 3.93. The van der Waals surface area contributed by atoms with Gasteiger partial charge >= 0.3 is 0 Å². The van der Waals surface area contributed by atoms with E-state index in [9.17, 15) is 0 Å². The molecule has 0 aliphatic carbocycles. The van der Waals surface area contributed by atoms with E-state index in [1.165, 1.54) is 12.0 Å². The topological polar surface area (TPSA) is 43.4 Å². The van der Waals surface area contributed by atoms with Crippen molar-refractivity contribution >= 4 is 0 Å². The molecule has 2 aromatic rings. The molecule has 0 radical (unpaired) electrons. The molecule has 1 aromatic heterocycles. The second kappa shape index (κ2) is 8.45. The van der Waals surface area contributed by atoms with Gasteiger partial charge in [-0.2, -0.15) is 0 Å². The van der Waals surface area contributed by atoms with Crippen LogP contribution in [0, 0.1) is 13.8 Å². The highest BCUT2D eigenvalue weighted by molar-refractivity contribution is 5.43. The van der Waals surface area contributed by atoms with Crippen molar-refractivity contribution in [3.63, 3.8) is 0 Å². The molecule has 0 amide bonds. The molecule has 3 rings (SSSR count). The van der Waals surface area contributed by atoms with Crippen LogP contribution in [0.5, 0.6) is 5.75 Å². The lowest BCUT2D eigenvalue weighted by atomic mass is 10.0. The van der Waals surface area contributed by atoms with E-state index in [0.717, 1.165) is 42.1 Å². The zero-order chi connectivity index (χ0) is 17.6. The number of hydrogen-bond acceptors (Lipinski definition) is 4. The Morgan fingerprint density at radius 1 is 1.28 bits per heavy atom. The second-order valence-corrected chi connectivity index (χ2v) is 6.89. The summed E-state index contributed by atoms with van der Waals surface area (Å²) in [7, 11) is 0. The summed E-state index contributed by atoms with van der Waals surface area (Å²) >= 11 is 0. The summed E-state index contributed by atoms with van der Waals surface area (Å²) in [6, 6.07) is 10.7. The van der Waals surface area contributed by atoms with Gasteiger partial charge in [0.15, 0.2) is 0 Å². The van der Waals surface area contributed by atoms with Crippen molar-refractivity contribution in [2.45, 2.75) is 58.9 Å². The minimum Gasteiger partial charge on any atom is -0.487 e. The van der Waals surface area contributed by atoms with Gasteiger partial charge in [0.25, 0.3) is 0 Å². The molecular weight excluding hydrogens is 312 g/mol. The van der Waals surface area contributed by atoms with E-state index in [0.29, 0.717) is 18.8 Å². The Balaban J connectivity index is 1.59. The highest BCUT2D eigenvalue weighted by Gasteiger charge is 2.21. The minimum atomic E-state index is 0.350. The van der Waals surface area contributed by atoms with Gasteiger partial charge in [-0.05, 0) is 62.4 Å². The van der Waals surface area contributed by atoms with Crippen LogP contribution in [0.1, 0.15) is 42.1 Å². The summed E-state index contributed by atoms with van der Waals surface area (Å²) in [6.07, 6.45) is 4.48. The molecule has 1 N–H and O–H groups in total. The lowest BCUT2D eigenvalue weighted by molar-refractivity contribution is 0.0832. The van der Waals surface area contributed by atoms with Gasteiger partial charge in [-0.3, -0.25) is 4.98 Å². The molecule has 2 heterocycles. The van der Waals surface area contributed by atoms with Crippen molar-refractivity contribution in [1.82, 2.24) is 10.3 Å². The van der Waals surface area contributed by atoms with Crippen LogP contribution in [-0.2, 0) is 17.9 Å². The van der Waals surface area contributed by atoms with Crippen LogP contribution in [-0.4, -0.2) is 23.7 Å². The first kappa shape index (κ1) is 17.9. The first-order valence-electron chi connectivity index (χ1n) is 9.11. The molecule has 0 spiro atoms. The van der Waals surface area contributed by atoms with Crippen molar-refractivity contribution in [3.05, 3.63) is 58.9 Å².